The summed E-state index contributed by atoms with van der Waals surface area (Å²) < 4.78 is 0. The maximum Gasteiger partial charge on any atom is 0.408 e. The molecule has 0 spiro atoms. The van der Waals surface area contributed by atoms with Crippen LogP contribution in [-0.4, -0.2) is 38.1 Å². The Kier molecular flexibility index (Phi) is 4.69. The Morgan fingerprint density at radius 1 is 0.955 bits per heavy atom. The van der Waals surface area contributed by atoms with Crippen LogP contribution in [0.4, 0.5) is 11.4 Å². The van der Waals surface area contributed by atoms with Crippen molar-refractivity contribution in [3.63, 3.8) is 0 Å². The zero-order valence-corrected chi connectivity index (χ0v) is 13.5. The molecule has 1 aliphatic rings. The molecule has 3 rings (SSSR count). The van der Waals surface area contributed by atoms with Crippen LogP contribution < -0.4 is 15.5 Å². The number of benzene rings is 2. The van der Waals surface area contributed by atoms with Crippen LogP contribution in [0.2, 0.25) is 0 Å². The van der Waals surface area contributed by atoms with Crippen LogP contribution in [0.25, 0.3) is 0 Å². The summed E-state index contributed by atoms with van der Waals surface area (Å²) in [6, 6.07) is 19.3. The minimum absolute atomic E-state index is 0.231. The number of rotatable bonds is 6. The first-order valence-electron chi connectivity index (χ1n) is 8.23. The Morgan fingerprint density at radius 2 is 1.64 bits per heavy atom. The van der Waals surface area contributed by atoms with E-state index in [1.807, 2.05) is 0 Å². The van der Waals surface area contributed by atoms with Gasteiger partial charge in [0, 0.05) is 24.5 Å². The van der Waals surface area contributed by atoms with Gasteiger partial charge < -0.3 is 14.9 Å². The van der Waals surface area contributed by atoms with Crippen molar-refractivity contribution in [2.75, 3.05) is 36.2 Å². The number of fused-ring (bicyclic) bond motifs is 1. The quantitative estimate of drug-likeness (QED) is 0.826. The van der Waals surface area contributed by atoms with Gasteiger partial charge in [0.2, 0.25) is 0 Å². The molecule has 2 aromatic rings. The predicted molar refractivity (Wildman–Crippen MR) is 97.0 cm³/mol. The number of nitrogens with zero attached hydrogens (tertiary/aromatic N) is 2. The first-order chi connectivity index (χ1) is 10.8. The van der Waals surface area contributed by atoms with E-state index in [4.69, 9.17) is 0 Å². The van der Waals surface area contributed by atoms with Crippen LogP contribution in [0.1, 0.15) is 13.8 Å². The number of nitrogens with one attached hydrogen (secondary N) is 1. The van der Waals surface area contributed by atoms with Gasteiger partial charge >= 0.3 is 6.98 Å². The lowest BCUT2D eigenvalue weighted by Gasteiger charge is -2.27. The largest absolute Gasteiger partial charge is 0.408 e. The fraction of sp³-hybridized carbons (Fsp3) is 0.333. The van der Waals surface area contributed by atoms with Crippen molar-refractivity contribution in [2.45, 2.75) is 13.8 Å². The molecular weight excluding hydrogens is 269 g/mol. The number of hydrogen-bond acceptors (Lipinski definition) is 3. The molecule has 0 unspecified atom stereocenters. The summed E-state index contributed by atoms with van der Waals surface area (Å²) in [4.78, 5) is 4.96. The average molecular weight is 293 g/mol. The van der Waals surface area contributed by atoms with Crippen LogP contribution in [0, 0.1) is 0 Å². The van der Waals surface area contributed by atoms with Crippen molar-refractivity contribution in [3.8, 4) is 0 Å². The van der Waals surface area contributed by atoms with Gasteiger partial charge in [-0.2, -0.15) is 0 Å². The van der Waals surface area contributed by atoms with Gasteiger partial charge in [0.05, 0.1) is 0 Å². The van der Waals surface area contributed by atoms with E-state index in [0.29, 0.717) is 0 Å². The molecular formula is C18H24BN3. The lowest BCUT2D eigenvalue weighted by molar-refractivity contribution is 0.313. The zero-order valence-electron chi connectivity index (χ0n) is 13.5. The van der Waals surface area contributed by atoms with E-state index in [2.05, 4.69) is 83.4 Å². The van der Waals surface area contributed by atoms with Crippen molar-refractivity contribution in [3.05, 3.63) is 54.6 Å². The second-order valence-corrected chi connectivity index (χ2v) is 5.69. The molecule has 1 N–H and O–H groups in total. The highest BCUT2D eigenvalue weighted by molar-refractivity contribution is 6.81. The highest BCUT2D eigenvalue weighted by Gasteiger charge is 2.34. The van der Waals surface area contributed by atoms with Gasteiger partial charge in [-0.3, -0.25) is 0 Å². The molecule has 0 saturated carbocycles. The van der Waals surface area contributed by atoms with E-state index in [9.17, 15) is 0 Å². The van der Waals surface area contributed by atoms with E-state index in [1.54, 1.807) is 0 Å². The minimum Gasteiger partial charge on any atom is -0.404 e. The highest BCUT2D eigenvalue weighted by atomic mass is 15.2. The fourth-order valence-corrected chi connectivity index (χ4v) is 3.15. The Hall–Kier alpha value is -1.94. The van der Waals surface area contributed by atoms with Crippen LogP contribution in [0.15, 0.2) is 54.6 Å². The normalized spacial score (nSPS) is 13.4. The molecule has 1 aliphatic heterocycles. The van der Waals surface area contributed by atoms with Crippen molar-refractivity contribution in [1.29, 1.82) is 0 Å². The smallest absolute Gasteiger partial charge is 0.404 e. The molecule has 22 heavy (non-hydrogen) atoms. The summed E-state index contributed by atoms with van der Waals surface area (Å²) in [5.41, 5.74) is 3.86. The molecule has 0 radical (unpaired) electrons. The van der Waals surface area contributed by atoms with Crippen molar-refractivity contribution < 1.29 is 0 Å². The molecule has 114 valence electrons. The lowest BCUT2D eigenvalue weighted by Crippen LogP contribution is -2.52. The summed E-state index contributed by atoms with van der Waals surface area (Å²) >= 11 is 0. The van der Waals surface area contributed by atoms with E-state index in [-0.39, 0.29) is 6.98 Å². The molecule has 0 aromatic heterocycles. The van der Waals surface area contributed by atoms with E-state index < -0.39 is 0 Å². The van der Waals surface area contributed by atoms with Gasteiger partial charge in [0.25, 0.3) is 0 Å². The van der Waals surface area contributed by atoms with E-state index in [1.165, 1.54) is 16.8 Å². The Morgan fingerprint density at radius 3 is 2.36 bits per heavy atom. The third-order valence-corrected chi connectivity index (χ3v) is 4.48. The highest BCUT2D eigenvalue weighted by Crippen LogP contribution is 2.32. The molecule has 0 amide bonds. The number of likely N-dealkylation sites (N-methyl/N-ethyl adjacent to an activating group) is 1. The first-order valence-corrected chi connectivity index (χ1v) is 8.23. The maximum absolute atomic E-state index is 3.67. The molecule has 0 bridgehead atoms. The number of para-hydroxylation sites is 2. The molecule has 0 fully saturated rings. The SMILES string of the molecule is CCN(CC)CCN1B(c2ccccc2)Nc2ccccc21. The average Bonchev–Trinajstić information content (AvgIpc) is 2.95. The second-order valence-electron chi connectivity index (χ2n) is 5.69. The third kappa shape index (κ3) is 2.97. The van der Waals surface area contributed by atoms with Gasteiger partial charge in [0.15, 0.2) is 0 Å². The Bertz CT molecular complexity index is 598. The molecule has 3 nitrogen and oxygen atoms in total. The van der Waals surface area contributed by atoms with Crippen LogP contribution in [0.3, 0.4) is 0 Å². The van der Waals surface area contributed by atoms with Gasteiger partial charge in [-0.15, -0.1) is 0 Å². The van der Waals surface area contributed by atoms with Crippen LogP contribution in [-0.2, 0) is 0 Å². The summed E-state index contributed by atoms with van der Waals surface area (Å²) in [7, 11) is 0. The summed E-state index contributed by atoms with van der Waals surface area (Å²) in [6.45, 7) is 9.03. The number of hydrogen-bond donors (Lipinski definition) is 1. The lowest BCUT2D eigenvalue weighted by atomic mass is 9.67. The van der Waals surface area contributed by atoms with Crippen LogP contribution in [0.5, 0.6) is 0 Å². The monoisotopic (exact) mass is 293 g/mol. The van der Waals surface area contributed by atoms with Crippen LogP contribution >= 0.6 is 0 Å². The predicted octanol–water partition coefficient (Wildman–Crippen LogP) is 2.66. The van der Waals surface area contributed by atoms with E-state index in [0.717, 1.165) is 26.2 Å². The topological polar surface area (TPSA) is 18.5 Å². The van der Waals surface area contributed by atoms with E-state index >= 15 is 0 Å². The van der Waals surface area contributed by atoms with Gasteiger partial charge in [-0.1, -0.05) is 56.3 Å². The molecule has 0 atom stereocenters. The molecule has 2 aromatic carbocycles. The van der Waals surface area contributed by atoms with Crippen molar-refractivity contribution in [2.24, 2.45) is 0 Å². The second kappa shape index (κ2) is 6.88. The number of anilines is 2. The molecule has 0 aliphatic carbocycles. The van der Waals surface area contributed by atoms with Gasteiger partial charge in [-0.25, -0.2) is 0 Å². The minimum atomic E-state index is 0.231. The van der Waals surface area contributed by atoms with Gasteiger partial charge in [0.1, 0.15) is 0 Å². The Balaban J connectivity index is 1.84. The standard InChI is InChI=1S/C18H24BN3/c1-3-21(4-2)14-15-22-18-13-9-8-12-17(18)20-19(22)16-10-6-5-7-11-16/h5-13,20H,3-4,14-15H2,1-2H3. The molecule has 0 saturated heterocycles. The first kappa shape index (κ1) is 15.0. The molecule has 4 heteroatoms. The van der Waals surface area contributed by atoms with Crippen molar-refractivity contribution >= 4 is 23.8 Å². The fourth-order valence-electron chi connectivity index (χ4n) is 3.15. The summed E-state index contributed by atoms with van der Waals surface area (Å²) in [6.07, 6.45) is 0. The maximum atomic E-state index is 3.67. The van der Waals surface area contributed by atoms with Crippen molar-refractivity contribution in [1.82, 2.24) is 4.90 Å². The zero-order chi connectivity index (χ0) is 15.4. The van der Waals surface area contributed by atoms with Gasteiger partial charge in [-0.05, 0) is 30.7 Å². The Labute approximate surface area is 134 Å². The third-order valence-electron chi connectivity index (χ3n) is 4.48. The summed E-state index contributed by atoms with van der Waals surface area (Å²) in [5, 5.41) is 3.67. The molecule has 1 heterocycles. The summed E-state index contributed by atoms with van der Waals surface area (Å²) in [5.74, 6) is 0.